The zero-order valence-corrected chi connectivity index (χ0v) is 11.8. The van der Waals surface area contributed by atoms with Gasteiger partial charge in [0, 0.05) is 17.5 Å². The molecule has 1 aliphatic heterocycles. The molecule has 1 aromatic carbocycles. The van der Waals surface area contributed by atoms with Crippen molar-refractivity contribution in [3.05, 3.63) is 34.1 Å². The summed E-state index contributed by atoms with van der Waals surface area (Å²) in [5.41, 5.74) is 0.568. The van der Waals surface area contributed by atoms with Crippen LogP contribution in [0.15, 0.2) is 22.7 Å². The van der Waals surface area contributed by atoms with Gasteiger partial charge in [0.25, 0.3) is 0 Å². The first-order valence-electron chi connectivity index (χ1n) is 6.39. The minimum atomic E-state index is -0.495. The van der Waals surface area contributed by atoms with Crippen molar-refractivity contribution in [3.63, 3.8) is 0 Å². The molecule has 2 nitrogen and oxygen atoms in total. The average Bonchev–Trinajstić information content (AvgIpc) is 2.83. The number of hydrogen-bond acceptors (Lipinski definition) is 2. The zero-order valence-electron chi connectivity index (χ0n) is 10.2. The maximum absolute atomic E-state index is 13.6. The number of aliphatic hydroxyl groups excluding tert-OH is 1. The molecule has 2 atom stereocenters. The van der Waals surface area contributed by atoms with Crippen molar-refractivity contribution in [1.82, 2.24) is 0 Å². The van der Waals surface area contributed by atoms with E-state index < -0.39 is 6.10 Å². The summed E-state index contributed by atoms with van der Waals surface area (Å²) in [4.78, 5) is 0. The van der Waals surface area contributed by atoms with Crippen molar-refractivity contribution in [1.29, 1.82) is 0 Å². The van der Waals surface area contributed by atoms with Gasteiger partial charge in [-0.1, -0.05) is 22.0 Å². The molecule has 0 spiro atoms. The molecule has 1 N–H and O–H groups in total. The predicted octanol–water partition coefficient (Wildman–Crippen LogP) is 3.45. The van der Waals surface area contributed by atoms with E-state index in [-0.39, 0.29) is 11.9 Å². The van der Waals surface area contributed by atoms with Gasteiger partial charge >= 0.3 is 0 Å². The van der Waals surface area contributed by atoms with Crippen molar-refractivity contribution in [2.24, 2.45) is 0 Å². The molecule has 100 valence electrons. The molecule has 0 amide bonds. The minimum Gasteiger partial charge on any atom is -0.393 e. The number of hydrogen-bond donors (Lipinski definition) is 1. The van der Waals surface area contributed by atoms with Crippen LogP contribution in [0.2, 0.25) is 0 Å². The predicted molar refractivity (Wildman–Crippen MR) is 72.0 cm³/mol. The van der Waals surface area contributed by atoms with Crippen LogP contribution in [0.4, 0.5) is 4.39 Å². The Bertz CT molecular complexity index is 391. The van der Waals surface area contributed by atoms with Crippen molar-refractivity contribution in [3.8, 4) is 0 Å². The summed E-state index contributed by atoms with van der Waals surface area (Å²) in [6.45, 7) is 0.835. The zero-order chi connectivity index (χ0) is 13.0. The second-order valence-corrected chi connectivity index (χ2v) is 5.72. The van der Waals surface area contributed by atoms with Crippen LogP contribution in [0.25, 0.3) is 0 Å². The van der Waals surface area contributed by atoms with Crippen LogP contribution in [-0.2, 0) is 11.2 Å². The molecule has 1 aliphatic rings. The van der Waals surface area contributed by atoms with Gasteiger partial charge in [0.05, 0.1) is 12.2 Å². The standard InChI is InChI=1S/C14H18BrFO2/c15-11-4-3-10(14(16)9-11)8-12(17)5-6-13-2-1-7-18-13/h3-4,9,12-13,17H,1-2,5-8H2. The molecule has 0 bridgehead atoms. The fraction of sp³-hybridized carbons (Fsp3) is 0.571. The molecule has 2 rings (SSSR count). The smallest absolute Gasteiger partial charge is 0.127 e. The fourth-order valence-corrected chi connectivity index (χ4v) is 2.63. The van der Waals surface area contributed by atoms with Crippen LogP contribution in [0.3, 0.4) is 0 Å². The van der Waals surface area contributed by atoms with Gasteiger partial charge in [-0.2, -0.15) is 0 Å². The van der Waals surface area contributed by atoms with E-state index in [1.54, 1.807) is 12.1 Å². The number of rotatable bonds is 5. The Morgan fingerprint density at radius 2 is 2.33 bits per heavy atom. The lowest BCUT2D eigenvalue weighted by atomic mass is 10.0. The molecular formula is C14H18BrFO2. The Kier molecular flexibility index (Phi) is 5.15. The normalized spacial score (nSPS) is 21.2. The highest BCUT2D eigenvalue weighted by molar-refractivity contribution is 9.10. The van der Waals surface area contributed by atoms with E-state index in [1.165, 1.54) is 6.07 Å². The van der Waals surface area contributed by atoms with Crippen molar-refractivity contribution in [2.45, 2.75) is 44.3 Å². The van der Waals surface area contributed by atoms with Gasteiger partial charge in [-0.3, -0.25) is 0 Å². The SMILES string of the molecule is OC(CCC1CCCO1)Cc1ccc(Br)cc1F. The van der Waals surface area contributed by atoms with E-state index in [0.717, 1.165) is 30.3 Å². The van der Waals surface area contributed by atoms with Gasteiger partial charge in [0.2, 0.25) is 0 Å². The molecule has 1 aromatic rings. The summed E-state index contributed by atoms with van der Waals surface area (Å²) >= 11 is 3.22. The molecule has 0 radical (unpaired) electrons. The summed E-state index contributed by atoms with van der Waals surface area (Å²) in [6, 6.07) is 4.95. The maximum atomic E-state index is 13.6. The fourth-order valence-electron chi connectivity index (χ4n) is 2.29. The highest BCUT2D eigenvalue weighted by Crippen LogP contribution is 2.20. The molecule has 1 saturated heterocycles. The Hall–Kier alpha value is -0.450. The van der Waals surface area contributed by atoms with Crippen LogP contribution in [0, 0.1) is 5.82 Å². The number of benzene rings is 1. The molecule has 4 heteroatoms. The van der Waals surface area contributed by atoms with Crippen LogP contribution >= 0.6 is 15.9 Å². The number of aliphatic hydroxyl groups is 1. The monoisotopic (exact) mass is 316 g/mol. The van der Waals surface area contributed by atoms with Crippen LogP contribution in [-0.4, -0.2) is 23.9 Å². The second kappa shape index (κ2) is 6.64. The molecule has 0 saturated carbocycles. The van der Waals surface area contributed by atoms with Crippen LogP contribution in [0.1, 0.15) is 31.2 Å². The van der Waals surface area contributed by atoms with E-state index >= 15 is 0 Å². The lowest BCUT2D eigenvalue weighted by Gasteiger charge is -2.14. The highest BCUT2D eigenvalue weighted by Gasteiger charge is 2.17. The van der Waals surface area contributed by atoms with Crippen molar-refractivity contribution in [2.75, 3.05) is 6.61 Å². The first-order chi connectivity index (χ1) is 8.65. The first-order valence-corrected chi connectivity index (χ1v) is 7.18. The first kappa shape index (κ1) is 14.0. The van der Waals surface area contributed by atoms with Gasteiger partial charge in [-0.25, -0.2) is 4.39 Å². The Labute approximate surface area is 115 Å². The average molecular weight is 317 g/mol. The van der Waals surface area contributed by atoms with Crippen molar-refractivity contribution >= 4 is 15.9 Å². The Morgan fingerprint density at radius 3 is 3.00 bits per heavy atom. The molecule has 18 heavy (non-hydrogen) atoms. The van der Waals surface area contributed by atoms with Gasteiger partial charge in [-0.05, 0) is 43.4 Å². The van der Waals surface area contributed by atoms with Gasteiger partial charge < -0.3 is 9.84 Å². The van der Waals surface area contributed by atoms with E-state index in [0.29, 0.717) is 18.4 Å². The van der Waals surface area contributed by atoms with Gasteiger partial charge in [0.1, 0.15) is 5.82 Å². The Morgan fingerprint density at radius 1 is 1.50 bits per heavy atom. The van der Waals surface area contributed by atoms with Gasteiger partial charge in [0.15, 0.2) is 0 Å². The highest BCUT2D eigenvalue weighted by atomic mass is 79.9. The lowest BCUT2D eigenvalue weighted by molar-refractivity contribution is 0.0811. The topological polar surface area (TPSA) is 29.5 Å². The molecule has 0 aromatic heterocycles. The lowest BCUT2D eigenvalue weighted by Crippen LogP contribution is -2.15. The molecular weight excluding hydrogens is 299 g/mol. The summed E-state index contributed by atoms with van der Waals surface area (Å²) < 4.78 is 19.8. The number of halogens is 2. The van der Waals surface area contributed by atoms with Crippen molar-refractivity contribution < 1.29 is 14.2 Å². The minimum absolute atomic E-state index is 0.263. The third-order valence-electron chi connectivity index (χ3n) is 3.32. The third-order valence-corrected chi connectivity index (χ3v) is 3.81. The second-order valence-electron chi connectivity index (χ2n) is 4.81. The molecule has 0 aliphatic carbocycles. The summed E-state index contributed by atoms with van der Waals surface area (Å²) in [5, 5.41) is 9.92. The number of ether oxygens (including phenoxy) is 1. The molecule has 1 fully saturated rings. The van der Waals surface area contributed by atoms with E-state index in [9.17, 15) is 9.50 Å². The third kappa shape index (κ3) is 4.04. The summed E-state index contributed by atoms with van der Waals surface area (Å²) in [5.74, 6) is -0.263. The van der Waals surface area contributed by atoms with E-state index in [4.69, 9.17) is 4.74 Å². The summed E-state index contributed by atoms with van der Waals surface area (Å²) in [7, 11) is 0. The molecule has 1 heterocycles. The largest absolute Gasteiger partial charge is 0.393 e. The quantitative estimate of drug-likeness (QED) is 0.901. The van der Waals surface area contributed by atoms with Crippen LogP contribution in [0.5, 0.6) is 0 Å². The van der Waals surface area contributed by atoms with Crippen LogP contribution < -0.4 is 0 Å². The molecule has 2 unspecified atom stereocenters. The summed E-state index contributed by atoms with van der Waals surface area (Å²) in [6.07, 6.45) is 3.88. The van der Waals surface area contributed by atoms with E-state index in [2.05, 4.69) is 15.9 Å². The van der Waals surface area contributed by atoms with Gasteiger partial charge in [-0.15, -0.1) is 0 Å². The van der Waals surface area contributed by atoms with E-state index in [1.807, 2.05) is 0 Å². The Balaban J connectivity index is 1.80. The maximum Gasteiger partial charge on any atom is 0.127 e.